The molecule has 0 spiro atoms. The minimum Gasteiger partial charge on any atom is -0.481 e. The zero-order valence-corrected chi connectivity index (χ0v) is 10.1. The van der Waals surface area contributed by atoms with Crippen LogP contribution in [0.4, 0.5) is 4.79 Å². The van der Waals surface area contributed by atoms with Gasteiger partial charge in [-0.25, -0.2) is 4.79 Å². The molecule has 0 radical (unpaired) electrons. The van der Waals surface area contributed by atoms with E-state index >= 15 is 0 Å². The number of hydrogen-bond acceptors (Lipinski definition) is 4. The van der Waals surface area contributed by atoms with Gasteiger partial charge in [0.2, 0.25) is 0 Å². The summed E-state index contributed by atoms with van der Waals surface area (Å²) in [7, 11) is 0. The fraction of sp³-hybridized carbons (Fsp3) is 0.727. The Morgan fingerprint density at radius 2 is 2.28 bits per heavy atom. The van der Waals surface area contributed by atoms with Crippen LogP contribution in [0.2, 0.25) is 0 Å². The van der Waals surface area contributed by atoms with Crippen LogP contribution >= 0.6 is 0 Å². The highest BCUT2D eigenvalue weighted by molar-refractivity contribution is 5.74. The molecule has 0 aromatic heterocycles. The summed E-state index contributed by atoms with van der Waals surface area (Å²) in [5, 5.41) is 19.8. The maximum absolute atomic E-state index is 11.7. The Labute approximate surface area is 105 Å². The summed E-state index contributed by atoms with van der Waals surface area (Å²) in [6.07, 6.45) is 0.726. The highest BCUT2D eigenvalue weighted by Crippen LogP contribution is 2.04. The third-order valence-electron chi connectivity index (χ3n) is 2.59. The van der Waals surface area contributed by atoms with E-state index in [1.807, 2.05) is 6.07 Å². The number of ether oxygens (including phenoxy) is 1. The molecule has 100 valence electrons. The largest absolute Gasteiger partial charge is 0.481 e. The molecule has 0 aromatic carbocycles. The number of rotatable bonds is 5. The second-order valence-corrected chi connectivity index (χ2v) is 4.02. The maximum atomic E-state index is 11.7. The number of hydrogen-bond donors (Lipinski definition) is 2. The second-order valence-electron chi connectivity index (χ2n) is 4.02. The normalized spacial score (nSPS) is 19.1. The van der Waals surface area contributed by atoms with Gasteiger partial charge in [-0.3, -0.25) is 4.79 Å². The van der Waals surface area contributed by atoms with Gasteiger partial charge in [-0.15, -0.1) is 0 Å². The van der Waals surface area contributed by atoms with E-state index in [1.54, 1.807) is 0 Å². The number of nitrogens with one attached hydrogen (secondary N) is 1. The van der Waals surface area contributed by atoms with Crippen molar-refractivity contribution in [1.82, 2.24) is 10.2 Å². The van der Waals surface area contributed by atoms with Crippen molar-refractivity contribution in [1.29, 1.82) is 5.26 Å². The SMILES string of the molecule is N#CC1CN(C(=O)NCCCCC(=O)O)CCO1. The second kappa shape index (κ2) is 7.50. The van der Waals surface area contributed by atoms with Gasteiger partial charge in [0.05, 0.1) is 19.2 Å². The lowest BCUT2D eigenvalue weighted by atomic mass is 10.2. The van der Waals surface area contributed by atoms with Crippen LogP contribution < -0.4 is 5.32 Å². The van der Waals surface area contributed by atoms with Crippen molar-refractivity contribution in [2.45, 2.75) is 25.4 Å². The van der Waals surface area contributed by atoms with Gasteiger partial charge in [0.25, 0.3) is 0 Å². The molecule has 18 heavy (non-hydrogen) atoms. The summed E-state index contributed by atoms with van der Waals surface area (Å²) in [5.41, 5.74) is 0. The first-order valence-corrected chi connectivity index (χ1v) is 5.89. The number of nitrogens with zero attached hydrogens (tertiary/aromatic N) is 2. The van der Waals surface area contributed by atoms with Crippen LogP contribution in [0.5, 0.6) is 0 Å². The number of carboxylic acids is 1. The van der Waals surface area contributed by atoms with E-state index in [4.69, 9.17) is 15.1 Å². The molecule has 1 aliphatic rings. The van der Waals surface area contributed by atoms with Gasteiger partial charge in [-0.1, -0.05) is 0 Å². The summed E-state index contributed by atoms with van der Waals surface area (Å²) >= 11 is 0. The van der Waals surface area contributed by atoms with E-state index in [0.29, 0.717) is 32.5 Å². The predicted octanol–water partition coefficient (Wildman–Crippen LogP) is 0.175. The number of amides is 2. The quantitative estimate of drug-likeness (QED) is 0.682. The zero-order valence-electron chi connectivity index (χ0n) is 10.1. The minimum atomic E-state index is -0.827. The Balaban J connectivity index is 2.16. The maximum Gasteiger partial charge on any atom is 0.317 e. The number of carbonyl (C=O) groups excluding carboxylic acids is 1. The summed E-state index contributed by atoms with van der Waals surface area (Å²) in [4.78, 5) is 23.5. The topological polar surface area (TPSA) is 103 Å². The lowest BCUT2D eigenvalue weighted by Crippen LogP contribution is -2.49. The molecule has 0 saturated carbocycles. The molecule has 7 heteroatoms. The molecule has 2 N–H and O–H groups in total. The minimum absolute atomic E-state index is 0.115. The van der Waals surface area contributed by atoms with Gasteiger partial charge in [-0.05, 0) is 12.8 Å². The Morgan fingerprint density at radius 3 is 2.94 bits per heavy atom. The molecule has 1 rings (SSSR count). The number of aliphatic carboxylic acids is 1. The molecule has 7 nitrogen and oxygen atoms in total. The van der Waals surface area contributed by atoms with Crippen LogP contribution in [0.25, 0.3) is 0 Å². The van der Waals surface area contributed by atoms with Crippen LogP contribution in [0.1, 0.15) is 19.3 Å². The van der Waals surface area contributed by atoms with Gasteiger partial charge in [-0.2, -0.15) is 5.26 Å². The number of unbranched alkanes of at least 4 members (excludes halogenated alkanes) is 1. The van der Waals surface area contributed by atoms with Crippen LogP contribution in [-0.2, 0) is 9.53 Å². The van der Waals surface area contributed by atoms with Gasteiger partial charge in [0, 0.05) is 19.5 Å². The van der Waals surface area contributed by atoms with E-state index in [1.165, 1.54) is 4.90 Å². The summed E-state index contributed by atoms with van der Waals surface area (Å²) < 4.78 is 5.13. The molecule has 1 unspecified atom stereocenters. The van der Waals surface area contributed by atoms with Crippen molar-refractivity contribution in [2.75, 3.05) is 26.2 Å². The molecular formula is C11H17N3O4. The van der Waals surface area contributed by atoms with Crippen molar-refractivity contribution in [2.24, 2.45) is 0 Å². The van der Waals surface area contributed by atoms with Crippen LogP contribution in [0, 0.1) is 11.3 Å². The first kappa shape index (κ1) is 14.3. The number of nitriles is 1. The summed E-state index contributed by atoms with van der Waals surface area (Å²) in [6.45, 7) is 1.56. The van der Waals surface area contributed by atoms with Gasteiger partial charge in [0.15, 0.2) is 6.10 Å². The molecule has 1 saturated heterocycles. The Bertz CT molecular complexity index is 340. The number of carboxylic acid groups (broad SMARTS) is 1. The third-order valence-corrected chi connectivity index (χ3v) is 2.59. The molecule has 1 atom stereocenters. The van der Waals surface area contributed by atoms with Crippen LogP contribution in [-0.4, -0.2) is 54.4 Å². The summed E-state index contributed by atoms with van der Waals surface area (Å²) in [5.74, 6) is -0.827. The molecule has 0 aromatic rings. The highest BCUT2D eigenvalue weighted by Gasteiger charge is 2.23. The molecule has 0 bridgehead atoms. The number of morpholine rings is 1. The van der Waals surface area contributed by atoms with E-state index in [-0.39, 0.29) is 19.0 Å². The van der Waals surface area contributed by atoms with Crippen molar-refractivity contribution in [3.05, 3.63) is 0 Å². The molecule has 2 amide bonds. The van der Waals surface area contributed by atoms with E-state index in [2.05, 4.69) is 5.32 Å². The van der Waals surface area contributed by atoms with E-state index in [0.717, 1.165) is 0 Å². The van der Waals surface area contributed by atoms with Crippen LogP contribution in [0.3, 0.4) is 0 Å². The molecule has 1 heterocycles. The first-order valence-electron chi connectivity index (χ1n) is 5.89. The molecule has 1 aliphatic heterocycles. The van der Waals surface area contributed by atoms with Crippen molar-refractivity contribution < 1.29 is 19.4 Å². The fourth-order valence-electron chi connectivity index (χ4n) is 1.62. The Hall–Kier alpha value is -1.81. The lowest BCUT2D eigenvalue weighted by Gasteiger charge is -2.29. The van der Waals surface area contributed by atoms with Crippen molar-refractivity contribution >= 4 is 12.0 Å². The molecule has 0 aliphatic carbocycles. The van der Waals surface area contributed by atoms with Crippen LogP contribution in [0.15, 0.2) is 0 Å². The Kier molecular flexibility index (Phi) is 5.94. The molecule has 1 fully saturated rings. The number of carbonyl (C=O) groups is 2. The van der Waals surface area contributed by atoms with Gasteiger partial charge < -0.3 is 20.1 Å². The lowest BCUT2D eigenvalue weighted by molar-refractivity contribution is -0.137. The van der Waals surface area contributed by atoms with Gasteiger partial charge >= 0.3 is 12.0 Å². The smallest absolute Gasteiger partial charge is 0.317 e. The van der Waals surface area contributed by atoms with E-state index in [9.17, 15) is 9.59 Å². The van der Waals surface area contributed by atoms with Crippen molar-refractivity contribution in [3.63, 3.8) is 0 Å². The highest BCUT2D eigenvalue weighted by atomic mass is 16.5. The van der Waals surface area contributed by atoms with Gasteiger partial charge in [0.1, 0.15) is 0 Å². The monoisotopic (exact) mass is 255 g/mol. The predicted molar refractivity (Wildman–Crippen MR) is 61.8 cm³/mol. The number of urea groups is 1. The van der Waals surface area contributed by atoms with Crippen molar-refractivity contribution in [3.8, 4) is 6.07 Å². The Morgan fingerprint density at radius 1 is 1.50 bits per heavy atom. The first-order chi connectivity index (χ1) is 8.63. The zero-order chi connectivity index (χ0) is 13.4. The average molecular weight is 255 g/mol. The fourth-order valence-corrected chi connectivity index (χ4v) is 1.62. The summed E-state index contributed by atoms with van der Waals surface area (Å²) in [6, 6.07) is 1.74. The molecular weight excluding hydrogens is 238 g/mol. The third kappa shape index (κ3) is 5.01. The average Bonchev–Trinajstić information content (AvgIpc) is 2.37. The van der Waals surface area contributed by atoms with E-state index < -0.39 is 12.1 Å². The standard InChI is InChI=1S/C11H17N3O4/c12-7-9-8-14(5-6-18-9)11(17)13-4-2-1-3-10(15)16/h9H,1-6,8H2,(H,13,17)(H,15,16).